The Kier molecular flexibility index (Phi) is 2.47. The molecule has 0 saturated heterocycles. The minimum absolute atomic E-state index is 0.205. The van der Waals surface area contributed by atoms with Gasteiger partial charge in [0.2, 0.25) is 0 Å². The molecule has 0 atom stereocenters. The number of hydrogen-bond acceptors (Lipinski definition) is 1. The Morgan fingerprint density at radius 2 is 2.57 bits per heavy atom. The monoisotopic (exact) mass is 172 g/mol. The molecule has 1 rings (SSSR count). The number of aliphatic imine (C=N–C) groups is 1. The Morgan fingerprint density at radius 3 is 2.86 bits per heavy atom. The van der Waals surface area contributed by atoms with Gasteiger partial charge in [-0.1, -0.05) is 0 Å². The molecule has 37 valence electrons. The summed E-state index contributed by atoms with van der Waals surface area (Å²) in [5, 5.41) is 0. The summed E-state index contributed by atoms with van der Waals surface area (Å²) in [6.45, 7) is 3.32. The molecule has 7 heavy (non-hydrogen) atoms. The van der Waals surface area contributed by atoms with Crippen LogP contribution in [0.2, 0.25) is 3.23 Å². The Balaban J connectivity index is 2.40. The van der Waals surface area contributed by atoms with Gasteiger partial charge in [0, 0.05) is 0 Å². The van der Waals surface area contributed by atoms with Gasteiger partial charge in [-0.05, 0) is 0 Å². The van der Waals surface area contributed by atoms with Crippen molar-refractivity contribution in [2.24, 2.45) is 4.99 Å². The van der Waals surface area contributed by atoms with E-state index in [9.17, 15) is 0 Å². The molecule has 1 heterocycles. The molecule has 0 aliphatic carbocycles. The first-order valence-corrected chi connectivity index (χ1v) is 6.16. The van der Waals surface area contributed by atoms with Gasteiger partial charge < -0.3 is 0 Å². The van der Waals surface area contributed by atoms with Crippen molar-refractivity contribution in [3.05, 3.63) is 0 Å². The second-order valence-corrected chi connectivity index (χ2v) is 6.35. The van der Waals surface area contributed by atoms with Crippen LogP contribution < -0.4 is 0 Å². The standard InChI is InChI=1S/C5H9N.Y/c1-3-5-6-4-2;/h1,3,5H2,2H3;. The third-order valence-electron chi connectivity index (χ3n) is 1.16. The predicted octanol–water partition coefficient (Wildman–Crippen LogP) is 1.31. The van der Waals surface area contributed by atoms with Crippen LogP contribution in [0, 0.1) is 0 Å². The molecule has 0 bridgehead atoms. The second-order valence-electron chi connectivity index (χ2n) is 1.87. The predicted molar refractivity (Wildman–Crippen MR) is 27.4 cm³/mol. The van der Waals surface area contributed by atoms with Gasteiger partial charge in [-0.25, -0.2) is 0 Å². The summed E-state index contributed by atoms with van der Waals surface area (Å²) < 4.78 is 3.08. The van der Waals surface area contributed by atoms with Gasteiger partial charge in [-0.15, -0.1) is 0 Å². The fourth-order valence-corrected chi connectivity index (χ4v) is 3.33. The molecule has 0 unspecified atom stereocenters. The molecular weight excluding hydrogens is 163 g/mol. The van der Waals surface area contributed by atoms with Gasteiger partial charge in [0.05, 0.1) is 0 Å². The van der Waals surface area contributed by atoms with Crippen LogP contribution in [0.3, 0.4) is 0 Å². The summed E-state index contributed by atoms with van der Waals surface area (Å²) in [5.41, 5.74) is 0. The minimum atomic E-state index is -0.205. The fraction of sp³-hybridized carbons (Fsp3) is 0.800. The van der Waals surface area contributed by atoms with Crippen molar-refractivity contribution in [3.63, 3.8) is 0 Å². The van der Waals surface area contributed by atoms with Gasteiger partial charge in [0.15, 0.2) is 0 Å². The average molecular weight is 172 g/mol. The van der Waals surface area contributed by atoms with Gasteiger partial charge >= 0.3 is 59.8 Å². The SMILES string of the molecule is C[C]1=NCC[CH2][Y]1. The zero-order valence-electron chi connectivity index (χ0n) is 4.65. The van der Waals surface area contributed by atoms with E-state index in [2.05, 4.69) is 11.9 Å². The second kappa shape index (κ2) is 2.93. The molecule has 0 amide bonds. The Labute approximate surface area is 59.6 Å². The topological polar surface area (TPSA) is 12.4 Å². The average Bonchev–Trinajstić information content (AvgIpc) is 1.69. The van der Waals surface area contributed by atoms with Crippen LogP contribution in [0.15, 0.2) is 4.99 Å². The maximum atomic E-state index is 4.33. The van der Waals surface area contributed by atoms with Gasteiger partial charge in [-0.3, -0.25) is 0 Å². The van der Waals surface area contributed by atoms with E-state index in [1.165, 1.54) is 8.94 Å². The van der Waals surface area contributed by atoms with Crippen molar-refractivity contribution in [2.75, 3.05) is 6.54 Å². The van der Waals surface area contributed by atoms with Gasteiger partial charge in [-0.2, -0.15) is 0 Å². The zero-order valence-corrected chi connectivity index (χ0v) is 7.48. The number of rotatable bonds is 0. The van der Waals surface area contributed by atoms with Crippen LogP contribution in [0.4, 0.5) is 0 Å². The Hall–Kier alpha value is 0.774. The van der Waals surface area contributed by atoms with E-state index in [1.807, 2.05) is 0 Å². The molecular formula is C5H9NY. The quantitative estimate of drug-likeness (QED) is 0.522. The van der Waals surface area contributed by atoms with Crippen LogP contribution >= 0.6 is 0 Å². The number of nitrogens with zero attached hydrogens (tertiary/aromatic N) is 1. The van der Waals surface area contributed by atoms with Crippen LogP contribution in [0.25, 0.3) is 0 Å². The van der Waals surface area contributed by atoms with Crippen molar-refractivity contribution in [1.29, 1.82) is 0 Å². The first-order chi connectivity index (χ1) is 3.39. The van der Waals surface area contributed by atoms with Crippen LogP contribution in [-0.4, -0.2) is 9.07 Å². The molecule has 0 radical (unpaired) electrons. The fourth-order valence-electron chi connectivity index (χ4n) is 0.722. The van der Waals surface area contributed by atoms with Crippen molar-refractivity contribution >= 4 is 2.52 Å². The molecule has 0 N–H and O–H groups in total. The van der Waals surface area contributed by atoms with Crippen molar-refractivity contribution in [2.45, 2.75) is 16.6 Å². The van der Waals surface area contributed by atoms with Crippen molar-refractivity contribution < 1.29 is 29.2 Å². The van der Waals surface area contributed by atoms with Crippen LogP contribution in [0.1, 0.15) is 13.3 Å². The summed E-state index contributed by atoms with van der Waals surface area (Å²) in [6.07, 6.45) is 1.39. The molecule has 0 fully saturated rings. The summed E-state index contributed by atoms with van der Waals surface area (Å²) in [4.78, 5) is 4.33. The van der Waals surface area contributed by atoms with Crippen LogP contribution in [0.5, 0.6) is 0 Å². The molecule has 1 aliphatic heterocycles. The summed E-state index contributed by atoms with van der Waals surface area (Å²) in [6, 6.07) is 0. The van der Waals surface area contributed by atoms with E-state index in [0.717, 1.165) is 6.54 Å². The molecule has 1 nitrogen and oxygen atoms in total. The third kappa shape index (κ3) is 2.01. The maximum absolute atomic E-state index is 4.33. The van der Waals surface area contributed by atoms with E-state index in [0.29, 0.717) is 0 Å². The van der Waals surface area contributed by atoms with E-state index in [4.69, 9.17) is 0 Å². The first kappa shape index (κ1) is 5.90. The van der Waals surface area contributed by atoms with Gasteiger partial charge in [0.1, 0.15) is 0 Å². The van der Waals surface area contributed by atoms with Gasteiger partial charge in [0.25, 0.3) is 0 Å². The third-order valence-corrected chi connectivity index (χ3v) is 4.78. The Bertz CT molecular complexity index is 88.1. The number of hydrogen-bond donors (Lipinski definition) is 0. The molecule has 0 aromatic rings. The summed E-state index contributed by atoms with van der Waals surface area (Å²) in [7, 11) is 0. The van der Waals surface area contributed by atoms with Crippen LogP contribution in [-0.2, 0) is 29.2 Å². The molecule has 1 aliphatic rings. The van der Waals surface area contributed by atoms with E-state index in [1.54, 1.807) is 3.23 Å². The molecule has 0 saturated carbocycles. The zero-order chi connectivity index (χ0) is 5.11. The molecule has 0 aromatic carbocycles. The molecule has 0 aromatic heterocycles. The van der Waals surface area contributed by atoms with E-state index in [-0.39, 0.29) is 29.2 Å². The Morgan fingerprint density at radius 1 is 1.71 bits per heavy atom. The van der Waals surface area contributed by atoms with Crippen molar-refractivity contribution in [3.8, 4) is 0 Å². The summed E-state index contributed by atoms with van der Waals surface area (Å²) in [5.74, 6) is 0. The first-order valence-electron chi connectivity index (χ1n) is 2.74. The molecule has 2 heteroatoms. The molecule has 0 spiro atoms. The van der Waals surface area contributed by atoms with E-state index >= 15 is 0 Å². The normalized spacial score (nSPS) is 19.3. The van der Waals surface area contributed by atoms with Crippen molar-refractivity contribution in [1.82, 2.24) is 0 Å². The van der Waals surface area contributed by atoms with E-state index < -0.39 is 0 Å². The summed E-state index contributed by atoms with van der Waals surface area (Å²) >= 11 is -0.205.